The number of carbonyl (C=O) groups excluding carboxylic acids is 1. The molecule has 1 saturated carbocycles. The Hall–Kier alpha value is -2.44. The Morgan fingerprint density at radius 3 is 2.67 bits per heavy atom. The van der Waals surface area contributed by atoms with Gasteiger partial charge in [-0.05, 0) is 62.4 Å². The predicted molar refractivity (Wildman–Crippen MR) is 103 cm³/mol. The minimum Gasteiger partial charge on any atom is -0.375 e. The van der Waals surface area contributed by atoms with E-state index in [4.69, 9.17) is 10.5 Å². The lowest BCUT2D eigenvalue weighted by Gasteiger charge is -2.40. The number of carbonyl (C=O) groups is 1. The minimum atomic E-state index is -0.134. The topological polar surface area (TPSA) is 86.3 Å². The predicted octanol–water partition coefficient (Wildman–Crippen LogP) is 2.00. The van der Waals surface area contributed by atoms with Gasteiger partial charge < -0.3 is 15.8 Å². The number of hydrogen-bond acceptors (Lipinski definition) is 4. The maximum Gasteiger partial charge on any atom is 0.255 e. The number of pyridine rings is 1. The van der Waals surface area contributed by atoms with Gasteiger partial charge in [0.25, 0.3) is 11.5 Å². The molecule has 3 atom stereocenters. The van der Waals surface area contributed by atoms with Crippen molar-refractivity contribution in [3.05, 3.63) is 64.6 Å². The monoisotopic (exact) mass is 367 g/mol. The smallest absolute Gasteiger partial charge is 0.255 e. The van der Waals surface area contributed by atoms with Gasteiger partial charge in [-0.3, -0.25) is 14.2 Å². The van der Waals surface area contributed by atoms with Crippen LogP contribution in [0.1, 0.15) is 42.5 Å². The molecule has 0 bridgehead atoms. The third-order valence-corrected chi connectivity index (χ3v) is 5.77. The highest BCUT2D eigenvalue weighted by Gasteiger charge is 2.42. The zero-order valence-electron chi connectivity index (χ0n) is 15.3. The molecular weight excluding hydrogens is 342 g/mol. The summed E-state index contributed by atoms with van der Waals surface area (Å²) < 4.78 is 7.48. The molecule has 6 heteroatoms. The second-order valence-electron chi connectivity index (χ2n) is 7.58. The van der Waals surface area contributed by atoms with E-state index >= 15 is 0 Å². The third-order valence-electron chi connectivity index (χ3n) is 5.77. The van der Waals surface area contributed by atoms with Gasteiger partial charge in [0.05, 0.1) is 5.60 Å². The molecule has 3 N–H and O–H groups in total. The Kier molecular flexibility index (Phi) is 4.85. The van der Waals surface area contributed by atoms with E-state index in [1.807, 2.05) is 0 Å². The van der Waals surface area contributed by atoms with Gasteiger partial charge in [0, 0.05) is 42.2 Å². The summed E-state index contributed by atoms with van der Waals surface area (Å²) in [5.41, 5.74) is 7.46. The molecule has 3 unspecified atom stereocenters. The second kappa shape index (κ2) is 7.29. The molecule has 2 aliphatic rings. The first-order valence-corrected chi connectivity index (χ1v) is 9.55. The molecule has 1 amide bonds. The van der Waals surface area contributed by atoms with Crippen molar-refractivity contribution in [3.8, 4) is 5.69 Å². The van der Waals surface area contributed by atoms with Crippen LogP contribution in [0.5, 0.6) is 0 Å². The van der Waals surface area contributed by atoms with Crippen LogP contribution in [0, 0.1) is 0 Å². The maximum atomic E-state index is 12.6. The van der Waals surface area contributed by atoms with E-state index in [1.54, 1.807) is 47.2 Å². The van der Waals surface area contributed by atoms with Gasteiger partial charge in [-0.2, -0.15) is 0 Å². The Balaban J connectivity index is 1.41. The highest BCUT2D eigenvalue weighted by atomic mass is 16.5. The SMILES string of the molecule is NC1CC2(CCCO2)CCC1NC(=O)c1ccc(-n2ccccc2=O)cc1. The van der Waals surface area contributed by atoms with Crippen molar-refractivity contribution in [2.24, 2.45) is 5.73 Å². The summed E-state index contributed by atoms with van der Waals surface area (Å²) in [5.74, 6) is -0.134. The molecule has 4 rings (SSSR count). The van der Waals surface area contributed by atoms with Crippen molar-refractivity contribution in [2.45, 2.75) is 49.8 Å². The molecular formula is C21H25N3O3. The Morgan fingerprint density at radius 2 is 2.00 bits per heavy atom. The molecule has 0 radical (unpaired) electrons. The largest absolute Gasteiger partial charge is 0.375 e. The number of nitrogens with two attached hydrogens (primary N) is 1. The summed E-state index contributed by atoms with van der Waals surface area (Å²) in [6.45, 7) is 0.820. The van der Waals surface area contributed by atoms with E-state index in [0.29, 0.717) is 5.56 Å². The van der Waals surface area contributed by atoms with E-state index < -0.39 is 0 Å². The average Bonchev–Trinajstić information content (AvgIpc) is 3.12. The van der Waals surface area contributed by atoms with E-state index in [1.165, 1.54) is 6.07 Å². The van der Waals surface area contributed by atoms with Crippen LogP contribution in [-0.2, 0) is 4.74 Å². The minimum absolute atomic E-state index is 0.0382. The van der Waals surface area contributed by atoms with Gasteiger partial charge in [0.15, 0.2) is 0 Å². The summed E-state index contributed by atoms with van der Waals surface area (Å²) in [5, 5.41) is 3.07. The van der Waals surface area contributed by atoms with Crippen LogP contribution in [0.3, 0.4) is 0 Å². The molecule has 1 aliphatic heterocycles. The Labute approximate surface area is 158 Å². The first-order chi connectivity index (χ1) is 13.1. The van der Waals surface area contributed by atoms with Gasteiger partial charge >= 0.3 is 0 Å². The fourth-order valence-corrected chi connectivity index (χ4v) is 4.26. The number of nitrogens with one attached hydrogen (secondary N) is 1. The zero-order valence-corrected chi connectivity index (χ0v) is 15.3. The number of hydrogen-bond donors (Lipinski definition) is 2. The summed E-state index contributed by atoms with van der Waals surface area (Å²) >= 11 is 0. The van der Waals surface area contributed by atoms with E-state index in [9.17, 15) is 9.59 Å². The van der Waals surface area contributed by atoms with Crippen molar-refractivity contribution >= 4 is 5.91 Å². The molecule has 6 nitrogen and oxygen atoms in total. The van der Waals surface area contributed by atoms with Crippen LogP contribution in [-0.4, -0.2) is 34.8 Å². The standard InChI is InChI=1S/C21H25N3O3/c22-17-14-21(10-3-13-27-21)11-9-18(17)23-20(26)15-5-7-16(8-6-15)24-12-2-1-4-19(24)25/h1-2,4-8,12,17-18H,3,9-11,13-14,22H2,(H,23,26). The fourth-order valence-electron chi connectivity index (χ4n) is 4.26. The lowest BCUT2D eigenvalue weighted by molar-refractivity contribution is -0.0354. The van der Waals surface area contributed by atoms with Crippen LogP contribution in [0.4, 0.5) is 0 Å². The van der Waals surface area contributed by atoms with Crippen LogP contribution in [0.25, 0.3) is 5.69 Å². The lowest BCUT2D eigenvalue weighted by atomic mass is 9.77. The van der Waals surface area contributed by atoms with E-state index in [2.05, 4.69) is 5.32 Å². The molecule has 27 heavy (non-hydrogen) atoms. The first kappa shape index (κ1) is 17.9. The molecule has 2 heterocycles. The molecule has 142 valence electrons. The molecule has 2 fully saturated rings. The summed E-state index contributed by atoms with van der Waals surface area (Å²) in [4.78, 5) is 24.5. The van der Waals surface area contributed by atoms with Crippen LogP contribution in [0.15, 0.2) is 53.5 Å². The Bertz CT molecular complexity index is 869. The normalized spacial score (nSPS) is 27.6. The lowest BCUT2D eigenvalue weighted by Crippen LogP contribution is -2.55. The number of nitrogens with zero attached hydrogens (tertiary/aromatic N) is 1. The number of amides is 1. The molecule has 2 aromatic rings. The van der Waals surface area contributed by atoms with Crippen LogP contribution < -0.4 is 16.6 Å². The van der Waals surface area contributed by atoms with E-state index in [-0.39, 0.29) is 29.2 Å². The summed E-state index contributed by atoms with van der Waals surface area (Å²) in [7, 11) is 0. The van der Waals surface area contributed by atoms with Gasteiger partial charge in [-0.15, -0.1) is 0 Å². The van der Waals surface area contributed by atoms with Crippen LogP contribution >= 0.6 is 0 Å². The van der Waals surface area contributed by atoms with Gasteiger partial charge in [-0.25, -0.2) is 0 Å². The number of ether oxygens (including phenoxy) is 1. The maximum absolute atomic E-state index is 12.6. The third kappa shape index (κ3) is 3.68. The highest BCUT2D eigenvalue weighted by molar-refractivity contribution is 5.94. The number of benzene rings is 1. The van der Waals surface area contributed by atoms with Crippen molar-refractivity contribution in [1.29, 1.82) is 0 Å². The van der Waals surface area contributed by atoms with Crippen molar-refractivity contribution in [2.75, 3.05) is 6.61 Å². The van der Waals surface area contributed by atoms with Crippen molar-refractivity contribution in [3.63, 3.8) is 0 Å². The van der Waals surface area contributed by atoms with Crippen molar-refractivity contribution < 1.29 is 9.53 Å². The number of aromatic nitrogens is 1. The molecule has 1 saturated heterocycles. The van der Waals surface area contributed by atoms with Crippen molar-refractivity contribution in [1.82, 2.24) is 9.88 Å². The van der Waals surface area contributed by atoms with Gasteiger partial charge in [0.2, 0.25) is 0 Å². The Morgan fingerprint density at radius 1 is 1.19 bits per heavy atom. The van der Waals surface area contributed by atoms with Gasteiger partial charge in [0.1, 0.15) is 0 Å². The molecule has 1 aromatic heterocycles. The second-order valence-corrected chi connectivity index (χ2v) is 7.58. The zero-order chi connectivity index (χ0) is 18.9. The quantitative estimate of drug-likeness (QED) is 0.869. The number of rotatable bonds is 3. The average molecular weight is 367 g/mol. The van der Waals surface area contributed by atoms with Crippen LogP contribution in [0.2, 0.25) is 0 Å². The summed E-state index contributed by atoms with van der Waals surface area (Å²) in [6.07, 6.45) is 6.46. The molecule has 1 aliphatic carbocycles. The van der Waals surface area contributed by atoms with E-state index in [0.717, 1.165) is 44.4 Å². The fraction of sp³-hybridized carbons (Fsp3) is 0.429. The highest BCUT2D eigenvalue weighted by Crippen LogP contribution is 2.39. The summed E-state index contributed by atoms with van der Waals surface area (Å²) in [6, 6.07) is 11.9. The first-order valence-electron chi connectivity index (χ1n) is 9.55. The molecule has 1 aromatic carbocycles. The van der Waals surface area contributed by atoms with Gasteiger partial charge in [-0.1, -0.05) is 6.07 Å². The molecule has 1 spiro atoms.